The Kier molecular flexibility index (Phi) is 4.31. The van der Waals surface area contributed by atoms with Crippen molar-refractivity contribution in [2.45, 2.75) is 6.61 Å². The molecule has 0 spiro atoms. The molecule has 0 amide bonds. The van der Waals surface area contributed by atoms with Crippen LogP contribution in [-0.4, -0.2) is 23.2 Å². The number of fused-ring (bicyclic) bond motifs is 1. The number of hydrogen-bond donors (Lipinski definition) is 1. The van der Waals surface area contributed by atoms with Crippen LogP contribution >= 0.6 is 0 Å². The minimum absolute atomic E-state index is 0.0617. The predicted molar refractivity (Wildman–Crippen MR) is 80.3 cm³/mol. The zero-order valence-corrected chi connectivity index (χ0v) is 10.9. The quantitative estimate of drug-likeness (QED) is 0.805. The molecular formula is C16H18N2O. The van der Waals surface area contributed by atoms with Gasteiger partial charge >= 0.3 is 0 Å². The third kappa shape index (κ3) is 2.83. The third-order valence-electron chi connectivity index (χ3n) is 2.95. The van der Waals surface area contributed by atoms with Gasteiger partial charge in [-0.3, -0.25) is 4.98 Å². The van der Waals surface area contributed by atoms with Gasteiger partial charge in [0.05, 0.1) is 17.8 Å². The van der Waals surface area contributed by atoms with Crippen molar-refractivity contribution in [1.82, 2.24) is 4.98 Å². The summed E-state index contributed by atoms with van der Waals surface area (Å²) < 4.78 is 0. The second kappa shape index (κ2) is 6.16. The zero-order valence-electron chi connectivity index (χ0n) is 10.9. The summed E-state index contributed by atoms with van der Waals surface area (Å²) in [5, 5.41) is 10.4. The van der Waals surface area contributed by atoms with E-state index in [9.17, 15) is 5.11 Å². The number of para-hydroxylation sites is 1. The molecule has 3 heteroatoms. The monoisotopic (exact) mass is 254 g/mol. The number of aromatic nitrogens is 1. The fourth-order valence-electron chi connectivity index (χ4n) is 2.14. The number of nitrogens with zero attached hydrogens (tertiary/aromatic N) is 2. The van der Waals surface area contributed by atoms with E-state index in [4.69, 9.17) is 0 Å². The Balaban J connectivity index is 2.60. The summed E-state index contributed by atoms with van der Waals surface area (Å²) in [5.41, 5.74) is 2.61. The Bertz CT molecular complexity index is 582. The van der Waals surface area contributed by atoms with E-state index >= 15 is 0 Å². The van der Waals surface area contributed by atoms with Gasteiger partial charge in [-0.15, -0.1) is 13.2 Å². The summed E-state index contributed by atoms with van der Waals surface area (Å²) in [5.74, 6) is 0. The van der Waals surface area contributed by atoms with Crippen molar-refractivity contribution in [3.05, 3.63) is 61.3 Å². The summed E-state index contributed by atoms with van der Waals surface area (Å²) in [6.07, 6.45) is 3.72. The number of aliphatic hydroxyl groups is 1. The SMILES string of the molecule is C=CCN(CC=C)c1cc(CO)nc2ccccc12. The van der Waals surface area contributed by atoms with Crippen LogP contribution in [0, 0.1) is 0 Å². The van der Waals surface area contributed by atoms with Crippen LogP contribution in [-0.2, 0) is 6.61 Å². The van der Waals surface area contributed by atoms with E-state index in [1.807, 2.05) is 42.5 Å². The standard InChI is InChI=1S/C16H18N2O/c1-3-9-18(10-4-2)16-11-13(12-19)17-15-8-6-5-7-14(15)16/h3-8,11,19H,1-2,9-10,12H2. The summed E-state index contributed by atoms with van der Waals surface area (Å²) in [4.78, 5) is 6.58. The second-order valence-electron chi connectivity index (χ2n) is 4.29. The molecule has 2 aromatic rings. The molecule has 0 aliphatic heterocycles. The van der Waals surface area contributed by atoms with Crippen molar-refractivity contribution in [3.63, 3.8) is 0 Å². The van der Waals surface area contributed by atoms with Gasteiger partial charge in [-0.05, 0) is 12.1 Å². The maximum atomic E-state index is 9.34. The van der Waals surface area contributed by atoms with E-state index in [0.29, 0.717) is 5.69 Å². The van der Waals surface area contributed by atoms with Gasteiger partial charge in [0, 0.05) is 24.2 Å². The molecule has 0 bridgehead atoms. The average Bonchev–Trinajstić information content (AvgIpc) is 2.46. The van der Waals surface area contributed by atoms with Gasteiger partial charge in [0.25, 0.3) is 0 Å². The van der Waals surface area contributed by atoms with Crippen LogP contribution in [0.5, 0.6) is 0 Å². The lowest BCUT2D eigenvalue weighted by molar-refractivity contribution is 0.277. The van der Waals surface area contributed by atoms with Crippen molar-refractivity contribution in [2.75, 3.05) is 18.0 Å². The molecule has 0 radical (unpaired) electrons. The van der Waals surface area contributed by atoms with E-state index in [-0.39, 0.29) is 6.61 Å². The van der Waals surface area contributed by atoms with Gasteiger partial charge in [0.1, 0.15) is 0 Å². The van der Waals surface area contributed by atoms with Crippen molar-refractivity contribution in [2.24, 2.45) is 0 Å². The number of pyridine rings is 1. The first-order valence-corrected chi connectivity index (χ1v) is 6.26. The number of rotatable bonds is 6. The van der Waals surface area contributed by atoms with E-state index in [2.05, 4.69) is 23.0 Å². The molecule has 0 saturated carbocycles. The zero-order chi connectivity index (χ0) is 13.7. The first-order valence-electron chi connectivity index (χ1n) is 6.26. The Morgan fingerprint density at radius 3 is 2.47 bits per heavy atom. The molecule has 19 heavy (non-hydrogen) atoms. The number of benzene rings is 1. The molecule has 1 aromatic carbocycles. The van der Waals surface area contributed by atoms with Crippen molar-refractivity contribution >= 4 is 16.6 Å². The molecule has 0 fully saturated rings. The summed E-state index contributed by atoms with van der Waals surface area (Å²) >= 11 is 0. The van der Waals surface area contributed by atoms with Crippen molar-refractivity contribution in [3.8, 4) is 0 Å². The van der Waals surface area contributed by atoms with E-state index in [1.165, 1.54) is 0 Å². The Hall–Kier alpha value is -2.13. The van der Waals surface area contributed by atoms with E-state index in [0.717, 1.165) is 29.7 Å². The molecule has 1 aromatic heterocycles. The first-order chi connectivity index (χ1) is 9.30. The third-order valence-corrected chi connectivity index (χ3v) is 2.95. The van der Waals surface area contributed by atoms with Crippen LogP contribution in [0.2, 0.25) is 0 Å². The number of hydrogen-bond acceptors (Lipinski definition) is 3. The van der Waals surface area contributed by atoms with E-state index in [1.54, 1.807) is 0 Å². The van der Waals surface area contributed by atoms with Crippen LogP contribution in [0.3, 0.4) is 0 Å². The van der Waals surface area contributed by atoms with Gasteiger partial charge in [0.15, 0.2) is 0 Å². The van der Waals surface area contributed by atoms with Gasteiger partial charge in [0.2, 0.25) is 0 Å². The molecule has 0 aliphatic carbocycles. The van der Waals surface area contributed by atoms with Crippen LogP contribution in [0.25, 0.3) is 10.9 Å². The number of aliphatic hydroxyl groups excluding tert-OH is 1. The lowest BCUT2D eigenvalue weighted by Crippen LogP contribution is -2.23. The molecule has 0 unspecified atom stereocenters. The molecular weight excluding hydrogens is 236 g/mol. The molecule has 1 N–H and O–H groups in total. The molecule has 3 nitrogen and oxygen atoms in total. The minimum atomic E-state index is -0.0617. The smallest absolute Gasteiger partial charge is 0.0854 e. The average molecular weight is 254 g/mol. The fraction of sp³-hybridized carbons (Fsp3) is 0.188. The molecule has 1 heterocycles. The van der Waals surface area contributed by atoms with Crippen molar-refractivity contribution < 1.29 is 5.11 Å². The highest BCUT2D eigenvalue weighted by molar-refractivity contribution is 5.92. The lowest BCUT2D eigenvalue weighted by Gasteiger charge is -2.23. The largest absolute Gasteiger partial charge is 0.390 e. The van der Waals surface area contributed by atoms with Crippen LogP contribution in [0.4, 0.5) is 5.69 Å². The van der Waals surface area contributed by atoms with Gasteiger partial charge in [-0.25, -0.2) is 0 Å². The maximum Gasteiger partial charge on any atom is 0.0854 e. The lowest BCUT2D eigenvalue weighted by atomic mass is 10.1. The van der Waals surface area contributed by atoms with Crippen LogP contribution < -0.4 is 4.90 Å². The molecule has 0 saturated heterocycles. The first kappa shape index (κ1) is 13.3. The second-order valence-corrected chi connectivity index (χ2v) is 4.29. The van der Waals surface area contributed by atoms with Gasteiger partial charge in [-0.1, -0.05) is 30.4 Å². The molecule has 0 atom stereocenters. The highest BCUT2D eigenvalue weighted by atomic mass is 16.3. The number of anilines is 1. The van der Waals surface area contributed by atoms with Crippen LogP contribution in [0.15, 0.2) is 55.6 Å². The highest BCUT2D eigenvalue weighted by Crippen LogP contribution is 2.26. The fourth-order valence-corrected chi connectivity index (χ4v) is 2.14. The molecule has 98 valence electrons. The highest BCUT2D eigenvalue weighted by Gasteiger charge is 2.10. The van der Waals surface area contributed by atoms with Crippen molar-refractivity contribution in [1.29, 1.82) is 0 Å². The summed E-state index contributed by atoms with van der Waals surface area (Å²) in [7, 11) is 0. The Morgan fingerprint density at radius 1 is 1.16 bits per heavy atom. The normalized spacial score (nSPS) is 10.4. The Morgan fingerprint density at radius 2 is 1.84 bits per heavy atom. The Labute approximate surface area is 113 Å². The maximum absolute atomic E-state index is 9.34. The molecule has 2 rings (SSSR count). The topological polar surface area (TPSA) is 36.4 Å². The van der Waals surface area contributed by atoms with Gasteiger partial charge < -0.3 is 10.0 Å². The van der Waals surface area contributed by atoms with E-state index < -0.39 is 0 Å². The summed E-state index contributed by atoms with van der Waals surface area (Å²) in [6, 6.07) is 9.86. The molecule has 0 aliphatic rings. The minimum Gasteiger partial charge on any atom is -0.390 e. The van der Waals surface area contributed by atoms with Crippen LogP contribution in [0.1, 0.15) is 5.69 Å². The predicted octanol–water partition coefficient (Wildman–Crippen LogP) is 2.91. The van der Waals surface area contributed by atoms with Gasteiger partial charge in [-0.2, -0.15) is 0 Å². The summed E-state index contributed by atoms with van der Waals surface area (Å²) in [6.45, 7) is 8.97.